The number of unbranched alkanes of at least 4 members (excludes halogenated alkanes) is 1. The smallest absolute Gasteiger partial charge is 0.313 e. The third kappa shape index (κ3) is 7.74. The molecule has 51 heavy (non-hydrogen) atoms. The number of esters is 1. The number of ether oxygens (including phenoxy) is 2. The number of carbonyl (C=O) groups is 4. The molecule has 0 aliphatic carbocycles. The molecule has 2 aromatic carbocycles. The summed E-state index contributed by atoms with van der Waals surface area (Å²) < 4.78 is 12.8. The van der Waals surface area contributed by atoms with E-state index in [-0.39, 0.29) is 50.4 Å². The zero-order chi connectivity index (χ0) is 36.5. The van der Waals surface area contributed by atoms with E-state index in [1.807, 2.05) is 54.6 Å². The standard InChI is InChI=1S/C40H52N4O7/c1-5-9-17-33(46)41-27-32(28-15-11-10-12-16-28)50-39(49)34-31-22-23-40(51-31)35(34)37(47)44(25-13-14-26-45)36(40)38(48)43(24-6-2)30-20-18-29(19-21-30)42(7-3)8-4/h5-6,10-12,15-16,18-21,31-32,34-36,45H,1-2,7-9,13-14,17,22-27H2,3-4H3,(H,41,46)/t31-,32-,34+,35+,36-,40+/m1/s1. The number of nitrogens with zero attached hydrogens (tertiary/aromatic N) is 3. The van der Waals surface area contributed by atoms with Gasteiger partial charge in [0.1, 0.15) is 17.7 Å². The quantitative estimate of drug-likeness (QED) is 0.124. The number of nitrogens with one attached hydrogen (secondary N) is 1. The SMILES string of the molecule is C=CCCC(=O)NC[C@@H](OC(=O)[C@@H]1[C@H]2C(=O)N(CCCCO)[C@H](C(=O)N(CC=C)c3ccc(N(CC)CC)cc3)[C@]23CC[C@H]1O3)c1ccccc1. The molecule has 0 aromatic heterocycles. The van der Waals surface area contributed by atoms with Crippen LogP contribution in [-0.4, -0.2) is 90.8 Å². The third-order valence-electron chi connectivity index (χ3n) is 10.5. The van der Waals surface area contributed by atoms with E-state index in [9.17, 15) is 24.3 Å². The summed E-state index contributed by atoms with van der Waals surface area (Å²) in [4.78, 5) is 61.4. The molecule has 3 heterocycles. The van der Waals surface area contributed by atoms with Crippen LogP contribution < -0.4 is 15.1 Å². The predicted octanol–water partition coefficient (Wildman–Crippen LogP) is 4.57. The molecule has 3 aliphatic rings. The van der Waals surface area contributed by atoms with Gasteiger partial charge in [-0.25, -0.2) is 0 Å². The Hall–Kier alpha value is -4.48. The fraction of sp³-hybridized carbons (Fsp3) is 0.500. The average Bonchev–Trinajstić information content (AvgIpc) is 3.79. The number of likely N-dealkylation sites (tertiary alicyclic amines) is 1. The molecule has 2 aromatic rings. The van der Waals surface area contributed by atoms with E-state index in [0.29, 0.717) is 43.4 Å². The molecule has 11 nitrogen and oxygen atoms in total. The lowest BCUT2D eigenvalue weighted by atomic mass is 9.70. The van der Waals surface area contributed by atoms with Gasteiger partial charge in [0.25, 0.3) is 5.91 Å². The number of rotatable bonds is 19. The van der Waals surface area contributed by atoms with Crippen molar-refractivity contribution >= 4 is 35.1 Å². The van der Waals surface area contributed by atoms with Crippen molar-refractivity contribution in [3.05, 3.63) is 85.5 Å². The normalized spacial score (nSPS) is 23.7. The maximum absolute atomic E-state index is 14.8. The van der Waals surface area contributed by atoms with Crippen molar-refractivity contribution in [2.75, 3.05) is 49.1 Å². The zero-order valence-corrected chi connectivity index (χ0v) is 29.9. The summed E-state index contributed by atoms with van der Waals surface area (Å²) in [5.74, 6) is -3.24. The molecule has 3 aliphatic heterocycles. The van der Waals surface area contributed by atoms with Crippen molar-refractivity contribution in [1.82, 2.24) is 10.2 Å². The number of amides is 3. The van der Waals surface area contributed by atoms with Crippen molar-refractivity contribution in [1.29, 1.82) is 0 Å². The summed E-state index contributed by atoms with van der Waals surface area (Å²) >= 11 is 0. The van der Waals surface area contributed by atoms with E-state index in [2.05, 4.69) is 37.2 Å². The van der Waals surface area contributed by atoms with Crippen molar-refractivity contribution in [3.8, 4) is 0 Å². The number of hydrogen-bond acceptors (Lipinski definition) is 8. The molecular weight excluding hydrogens is 648 g/mol. The molecule has 0 radical (unpaired) electrons. The molecule has 1 spiro atoms. The largest absolute Gasteiger partial charge is 0.455 e. The molecule has 2 bridgehead atoms. The topological polar surface area (TPSA) is 129 Å². The minimum atomic E-state index is -1.22. The number of fused-ring (bicyclic) bond motifs is 1. The van der Waals surface area contributed by atoms with E-state index < -0.39 is 41.7 Å². The van der Waals surface area contributed by atoms with E-state index in [0.717, 1.165) is 18.8 Å². The Labute approximate surface area is 301 Å². The molecule has 6 atom stereocenters. The van der Waals surface area contributed by atoms with Gasteiger partial charge in [0, 0.05) is 50.6 Å². The minimum Gasteiger partial charge on any atom is -0.455 e. The Morgan fingerprint density at radius 2 is 1.76 bits per heavy atom. The second kappa shape index (κ2) is 17.2. The number of allylic oxidation sites excluding steroid dienone is 1. The van der Waals surface area contributed by atoms with Gasteiger partial charge < -0.3 is 34.6 Å². The first-order valence-electron chi connectivity index (χ1n) is 18.2. The summed E-state index contributed by atoms with van der Waals surface area (Å²) in [7, 11) is 0. The van der Waals surface area contributed by atoms with Crippen LogP contribution in [0.3, 0.4) is 0 Å². The lowest BCUT2D eigenvalue weighted by molar-refractivity contribution is -0.160. The third-order valence-corrected chi connectivity index (χ3v) is 10.5. The Morgan fingerprint density at radius 3 is 2.41 bits per heavy atom. The molecule has 3 fully saturated rings. The van der Waals surface area contributed by atoms with Crippen LogP contribution in [0.15, 0.2) is 79.9 Å². The Balaban J connectivity index is 1.44. The van der Waals surface area contributed by atoms with Gasteiger partial charge in [0.05, 0.1) is 24.5 Å². The number of aliphatic hydroxyl groups is 1. The summed E-state index contributed by atoms with van der Waals surface area (Å²) in [6.45, 7) is 13.9. The molecular formula is C40H52N4O7. The summed E-state index contributed by atoms with van der Waals surface area (Å²) in [5.41, 5.74) is 1.20. The van der Waals surface area contributed by atoms with Gasteiger partial charge in [-0.15, -0.1) is 13.2 Å². The van der Waals surface area contributed by atoms with Gasteiger partial charge >= 0.3 is 5.97 Å². The number of benzene rings is 2. The van der Waals surface area contributed by atoms with Crippen molar-refractivity contribution in [2.45, 2.75) is 76.2 Å². The van der Waals surface area contributed by atoms with E-state index in [1.165, 1.54) is 0 Å². The maximum atomic E-state index is 14.8. The first-order chi connectivity index (χ1) is 24.7. The molecule has 2 N–H and O–H groups in total. The molecule has 5 rings (SSSR count). The maximum Gasteiger partial charge on any atom is 0.313 e. The molecule has 0 saturated carbocycles. The van der Waals surface area contributed by atoms with E-state index in [1.54, 1.807) is 22.0 Å². The van der Waals surface area contributed by atoms with Crippen molar-refractivity contribution in [2.24, 2.45) is 11.8 Å². The Morgan fingerprint density at radius 1 is 1.06 bits per heavy atom. The van der Waals surface area contributed by atoms with Gasteiger partial charge in [0.2, 0.25) is 11.8 Å². The van der Waals surface area contributed by atoms with Crippen LogP contribution in [0.25, 0.3) is 0 Å². The number of hydrogen-bond donors (Lipinski definition) is 2. The second-order valence-corrected chi connectivity index (χ2v) is 13.4. The van der Waals surface area contributed by atoms with Crippen LogP contribution in [0.2, 0.25) is 0 Å². The van der Waals surface area contributed by atoms with Gasteiger partial charge in [-0.3, -0.25) is 19.2 Å². The second-order valence-electron chi connectivity index (χ2n) is 13.4. The van der Waals surface area contributed by atoms with Gasteiger partial charge in [-0.05, 0) is 75.8 Å². The van der Waals surface area contributed by atoms with E-state index in [4.69, 9.17) is 9.47 Å². The molecule has 274 valence electrons. The zero-order valence-electron chi connectivity index (χ0n) is 29.9. The molecule has 11 heteroatoms. The van der Waals surface area contributed by atoms with Crippen LogP contribution >= 0.6 is 0 Å². The predicted molar refractivity (Wildman–Crippen MR) is 196 cm³/mol. The van der Waals surface area contributed by atoms with Gasteiger partial charge in [-0.2, -0.15) is 0 Å². The minimum absolute atomic E-state index is 0.0464. The van der Waals surface area contributed by atoms with Crippen LogP contribution in [0, 0.1) is 11.8 Å². The van der Waals surface area contributed by atoms with Gasteiger partial charge in [0.15, 0.2) is 0 Å². The number of carbonyl (C=O) groups excluding carboxylic acids is 4. The highest BCUT2D eigenvalue weighted by molar-refractivity contribution is 6.04. The van der Waals surface area contributed by atoms with Gasteiger partial charge in [-0.1, -0.05) is 42.5 Å². The fourth-order valence-electron chi connectivity index (χ4n) is 8.01. The summed E-state index contributed by atoms with van der Waals surface area (Å²) in [6, 6.07) is 16.0. The van der Waals surface area contributed by atoms with Crippen LogP contribution in [0.4, 0.5) is 11.4 Å². The summed E-state index contributed by atoms with van der Waals surface area (Å²) in [5, 5.41) is 12.4. The summed E-state index contributed by atoms with van der Waals surface area (Å²) in [6.07, 6.45) is 4.59. The first-order valence-corrected chi connectivity index (χ1v) is 18.2. The molecule has 0 unspecified atom stereocenters. The molecule has 3 saturated heterocycles. The van der Waals surface area contributed by atoms with Crippen LogP contribution in [0.5, 0.6) is 0 Å². The lowest BCUT2D eigenvalue weighted by Crippen LogP contribution is -2.56. The average molecular weight is 701 g/mol. The fourth-order valence-corrected chi connectivity index (χ4v) is 8.01. The first kappa shape index (κ1) is 37.8. The molecule has 3 amide bonds. The lowest BCUT2D eigenvalue weighted by Gasteiger charge is -2.37. The Kier molecular flexibility index (Phi) is 12.7. The number of anilines is 2. The monoisotopic (exact) mass is 700 g/mol. The number of aliphatic hydroxyl groups excluding tert-OH is 1. The highest BCUT2D eigenvalue weighted by Gasteiger charge is 2.75. The Bertz CT molecular complexity index is 1550. The highest BCUT2D eigenvalue weighted by Crippen LogP contribution is 2.59. The van der Waals surface area contributed by atoms with Crippen molar-refractivity contribution < 1.29 is 33.8 Å². The highest BCUT2D eigenvalue weighted by atomic mass is 16.6. The van der Waals surface area contributed by atoms with Crippen LogP contribution in [0.1, 0.15) is 64.0 Å². The van der Waals surface area contributed by atoms with E-state index >= 15 is 0 Å². The van der Waals surface area contributed by atoms with Crippen LogP contribution in [-0.2, 0) is 28.7 Å². The van der Waals surface area contributed by atoms with Crippen molar-refractivity contribution in [3.63, 3.8) is 0 Å².